The van der Waals surface area contributed by atoms with Crippen molar-refractivity contribution in [3.8, 4) is 0 Å². The summed E-state index contributed by atoms with van der Waals surface area (Å²) in [5.74, 6) is 1.83. The van der Waals surface area contributed by atoms with Crippen LogP contribution in [0.25, 0.3) is 0 Å². The first-order valence-corrected chi connectivity index (χ1v) is 7.70. The molecule has 17 heavy (non-hydrogen) atoms. The van der Waals surface area contributed by atoms with Crippen molar-refractivity contribution in [1.82, 2.24) is 9.36 Å². The largest absolute Gasteiger partial charge is 0.357 e. The molecule has 3 nitrogen and oxygen atoms in total. The summed E-state index contributed by atoms with van der Waals surface area (Å²) in [6.45, 7) is 4.47. The van der Waals surface area contributed by atoms with Gasteiger partial charge in [-0.15, -0.1) is 0 Å². The van der Waals surface area contributed by atoms with E-state index in [4.69, 9.17) is 0 Å². The molecule has 0 bridgehead atoms. The van der Waals surface area contributed by atoms with Gasteiger partial charge in [-0.1, -0.05) is 33.1 Å². The summed E-state index contributed by atoms with van der Waals surface area (Å²) >= 11 is 1.52. The molecule has 1 saturated carbocycles. The number of nitrogens with one attached hydrogen (secondary N) is 1. The van der Waals surface area contributed by atoms with Crippen LogP contribution in [0.1, 0.15) is 58.2 Å². The van der Waals surface area contributed by atoms with Crippen LogP contribution in [0.5, 0.6) is 0 Å². The Kier molecular flexibility index (Phi) is 4.77. The van der Waals surface area contributed by atoms with Crippen molar-refractivity contribution in [3.05, 3.63) is 5.82 Å². The van der Waals surface area contributed by atoms with Crippen molar-refractivity contribution in [2.45, 2.75) is 64.8 Å². The van der Waals surface area contributed by atoms with E-state index in [1.165, 1.54) is 43.6 Å². The van der Waals surface area contributed by atoms with Crippen LogP contribution in [0, 0.1) is 5.92 Å². The summed E-state index contributed by atoms with van der Waals surface area (Å²) in [6, 6.07) is 0.621. The molecular formula is C13H23N3S. The monoisotopic (exact) mass is 253 g/mol. The lowest BCUT2D eigenvalue weighted by molar-refractivity contribution is 0.317. The van der Waals surface area contributed by atoms with E-state index in [0.717, 1.165) is 29.7 Å². The second-order valence-corrected chi connectivity index (χ2v) is 5.72. The van der Waals surface area contributed by atoms with E-state index in [9.17, 15) is 0 Å². The van der Waals surface area contributed by atoms with Gasteiger partial charge in [-0.25, -0.2) is 4.98 Å². The highest BCUT2D eigenvalue weighted by molar-refractivity contribution is 7.09. The zero-order valence-corrected chi connectivity index (χ0v) is 11.7. The quantitative estimate of drug-likeness (QED) is 0.865. The van der Waals surface area contributed by atoms with Gasteiger partial charge in [0.1, 0.15) is 5.82 Å². The molecular weight excluding hydrogens is 230 g/mol. The molecule has 2 atom stereocenters. The van der Waals surface area contributed by atoms with E-state index in [0.29, 0.717) is 6.04 Å². The molecule has 0 spiro atoms. The van der Waals surface area contributed by atoms with Gasteiger partial charge in [-0.2, -0.15) is 4.37 Å². The summed E-state index contributed by atoms with van der Waals surface area (Å²) < 4.78 is 4.39. The maximum Gasteiger partial charge on any atom is 0.202 e. The molecule has 0 aromatic carbocycles. The molecule has 2 rings (SSSR count). The third kappa shape index (κ3) is 3.41. The van der Waals surface area contributed by atoms with E-state index in [-0.39, 0.29) is 0 Å². The Hall–Kier alpha value is -0.640. The van der Waals surface area contributed by atoms with Gasteiger partial charge < -0.3 is 5.32 Å². The van der Waals surface area contributed by atoms with Gasteiger partial charge in [-0.05, 0) is 25.2 Å². The van der Waals surface area contributed by atoms with Crippen LogP contribution in [0.4, 0.5) is 5.13 Å². The summed E-state index contributed by atoms with van der Waals surface area (Å²) in [5, 5.41) is 4.63. The zero-order chi connectivity index (χ0) is 12.1. The van der Waals surface area contributed by atoms with Crippen LogP contribution in [-0.4, -0.2) is 15.4 Å². The molecule has 2 unspecified atom stereocenters. The fraction of sp³-hybridized carbons (Fsp3) is 0.846. The predicted octanol–water partition coefficient (Wildman–Crippen LogP) is 3.87. The van der Waals surface area contributed by atoms with Gasteiger partial charge in [-0.3, -0.25) is 0 Å². The summed E-state index contributed by atoms with van der Waals surface area (Å²) in [4.78, 5) is 4.56. The third-order valence-corrected chi connectivity index (χ3v) is 4.37. The molecule has 1 fully saturated rings. The Morgan fingerprint density at radius 1 is 1.29 bits per heavy atom. The highest BCUT2D eigenvalue weighted by Crippen LogP contribution is 2.29. The summed E-state index contributed by atoms with van der Waals surface area (Å²) in [7, 11) is 0. The lowest BCUT2D eigenvalue weighted by Gasteiger charge is -2.31. The first kappa shape index (κ1) is 12.8. The van der Waals surface area contributed by atoms with Gasteiger partial charge in [0.15, 0.2) is 0 Å². The molecule has 1 aliphatic carbocycles. The minimum atomic E-state index is 0.621. The molecule has 1 aliphatic rings. The summed E-state index contributed by atoms with van der Waals surface area (Å²) in [5.41, 5.74) is 0. The van der Waals surface area contributed by atoms with E-state index < -0.39 is 0 Å². The molecule has 1 N–H and O–H groups in total. The molecule has 0 aliphatic heterocycles. The van der Waals surface area contributed by atoms with Gasteiger partial charge in [0.2, 0.25) is 5.13 Å². The van der Waals surface area contributed by atoms with Crippen molar-refractivity contribution < 1.29 is 0 Å². The molecule has 1 aromatic heterocycles. The SMILES string of the molecule is CCCc1nsc(NC2CCCCC2CC)n1. The maximum absolute atomic E-state index is 4.56. The normalized spacial score (nSPS) is 24.8. The van der Waals surface area contributed by atoms with Crippen molar-refractivity contribution in [2.24, 2.45) is 5.92 Å². The minimum absolute atomic E-state index is 0.621. The number of aromatic nitrogens is 2. The van der Waals surface area contributed by atoms with Crippen molar-refractivity contribution in [2.75, 3.05) is 5.32 Å². The van der Waals surface area contributed by atoms with Crippen molar-refractivity contribution in [3.63, 3.8) is 0 Å². The highest BCUT2D eigenvalue weighted by Gasteiger charge is 2.24. The molecule has 96 valence electrons. The van der Waals surface area contributed by atoms with Crippen molar-refractivity contribution in [1.29, 1.82) is 0 Å². The molecule has 0 radical (unpaired) electrons. The Morgan fingerprint density at radius 3 is 2.88 bits per heavy atom. The topological polar surface area (TPSA) is 37.8 Å². The Labute approximate surface area is 108 Å². The number of hydrogen-bond donors (Lipinski definition) is 1. The van der Waals surface area contributed by atoms with Gasteiger partial charge in [0, 0.05) is 24.0 Å². The van der Waals surface area contributed by atoms with Gasteiger partial charge >= 0.3 is 0 Å². The lowest BCUT2D eigenvalue weighted by Crippen LogP contribution is -2.31. The van der Waals surface area contributed by atoms with Crippen LogP contribution >= 0.6 is 11.5 Å². The number of aryl methyl sites for hydroxylation is 1. The summed E-state index contributed by atoms with van der Waals surface area (Å²) in [6.07, 6.45) is 8.81. The zero-order valence-electron chi connectivity index (χ0n) is 10.9. The number of hydrogen-bond acceptors (Lipinski definition) is 4. The molecule has 4 heteroatoms. The molecule has 0 saturated heterocycles. The molecule has 1 aromatic rings. The van der Waals surface area contributed by atoms with Crippen LogP contribution in [0.2, 0.25) is 0 Å². The average Bonchev–Trinajstić information content (AvgIpc) is 2.78. The van der Waals surface area contributed by atoms with E-state index in [2.05, 4.69) is 28.5 Å². The number of nitrogens with zero attached hydrogens (tertiary/aromatic N) is 2. The lowest BCUT2D eigenvalue weighted by atomic mass is 9.83. The van der Waals surface area contributed by atoms with E-state index in [1.54, 1.807) is 0 Å². The fourth-order valence-electron chi connectivity index (χ4n) is 2.68. The predicted molar refractivity (Wildman–Crippen MR) is 73.6 cm³/mol. The minimum Gasteiger partial charge on any atom is -0.357 e. The van der Waals surface area contributed by atoms with Crippen LogP contribution in [0.15, 0.2) is 0 Å². The van der Waals surface area contributed by atoms with E-state index >= 15 is 0 Å². The first-order valence-electron chi connectivity index (χ1n) is 6.92. The van der Waals surface area contributed by atoms with E-state index in [1.807, 2.05) is 0 Å². The smallest absolute Gasteiger partial charge is 0.202 e. The fourth-order valence-corrected chi connectivity index (χ4v) is 3.36. The number of rotatable bonds is 5. The standard InChI is InChI=1S/C13H23N3S/c1-3-7-12-15-13(17-16-12)14-11-9-6-5-8-10(11)4-2/h10-11H,3-9H2,1-2H3,(H,14,15,16). The average molecular weight is 253 g/mol. The van der Waals surface area contributed by atoms with Crippen molar-refractivity contribution >= 4 is 16.7 Å². The van der Waals surface area contributed by atoms with Crippen LogP contribution in [-0.2, 0) is 6.42 Å². The Morgan fingerprint density at radius 2 is 2.12 bits per heavy atom. The maximum atomic E-state index is 4.56. The first-order chi connectivity index (χ1) is 8.33. The second-order valence-electron chi connectivity index (χ2n) is 4.97. The van der Waals surface area contributed by atoms with Crippen LogP contribution < -0.4 is 5.32 Å². The molecule has 0 amide bonds. The van der Waals surface area contributed by atoms with Gasteiger partial charge in [0.05, 0.1) is 0 Å². The second kappa shape index (κ2) is 6.34. The number of anilines is 1. The van der Waals surface area contributed by atoms with Crippen LogP contribution in [0.3, 0.4) is 0 Å². The Bertz CT molecular complexity index is 337. The highest BCUT2D eigenvalue weighted by atomic mass is 32.1. The van der Waals surface area contributed by atoms with Gasteiger partial charge in [0.25, 0.3) is 0 Å². The molecule has 1 heterocycles. The third-order valence-electron chi connectivity index (χ3n) is 3.68. The Balaban J connectivity index is 1.93.